The van der Waals surface area contributed by atoms with Crippen LogP contribution in [0.5, 0.6) is 0 Å². The lowest BCUT2D eigenvalue weighted by Crippen LogP contribution is -2.27. The molecule has 0 heterocycles. The Morgan fingerprint density at radius 3 is 2.69 bits per heavy atom. The summed E-state index contributed by atoms with van der Waals surface area (Å²) in [6.45, 7) is 0. The zero-order valence-corrected chi connectivity index (χ0v) is 9.34. The molecule has 0 saturated carbocycles. The predicted molar refractivity (Wildman–Crippen MR) is 56.9 cm³/mol. The molecule has 5 nitrogen and oxygen atoms in total. The van der Waals surface area contributed by atoms with Crippen LogP contribution in [0.2, 0.25) is 0 Å². The van der Waals surface area contributed by atoms with Gasteiger partial charge in [0, 0.05) is 7.05 Å². The second kappa shape index (κ2) is 4.48. The molecule has 0 unspecified atom stereocenters. The molecule has 0 atom stereocenters. The average molecular weight is 246 g/mol. The summed E-state index contributed by atoms with van der Waals surface area (Å²) >= 11 is 0. The van der Waals surface area contributed by atoms with Gasteiger partial charge in [-0.3, -0.25) is 4.79 Å². The van der Waals surface area contributed by atoms with Gasteiger partial charge in [0.1, 0.15) is 11.6 Å². The highest BCUT2D eigenvalue weighted by molar-refractivity contribution is 7.92. The number of carbonyl (C=O) groups is 1. The minimum absolute atomic E-state index is 0.0784. The van der Waals surface area contributed by atoms with Crippen LogP contribution in [0.3, 0.4) is 0 Å². The van der Waals surface area contributed by atoms with Crippen molar-refractivity contribution in [1.82, 2.24) is 5.32 Å². The SMILES string of the molecule is CNC(=O)CS(=O)(=O)c1cc(F)ccc1N. The molecular formula is C9H11FN2O3S. The normalized spacial score (nSPS) is 11.1. The van der Waals surface area contributed by atoms with Gasteiger partial charge in [-0.1, -0.05) is 0 Å². The minimum Gasteiger partial charge on any atom is -0.398 e. The average Bonchev–Trinajstić information content (AvgIpc) is 2.20. The molecule has 0 fully saturated rings. The molecule has 0 radical (unpaired) electrons. The van der Waals surface area contributed by atoms with Crippen LogP contribution >= 0.6 is 0 Å². The van der Waals surface area contributed by atoms with E-state index in [1.807, 2.05) is 0 Å². The van der Waals surface area contributed by atoms with Crippen LogP contribution in [-0.4, -0.2) is 27.1 Å². The third-order valence-electron chi connectivity index (χ3n) is 1.91. The lowest BCUT2D eigenvalue weighted by Gasteiger charge is -2.06. The fourth-order valence-electron chi connectivity index (χ4n) is 1.10. The Morgan fingerprint density at radius 2 is 2.12 bits per heavy atom. The van der Waals surface area contributed by atoms with Crippen molar-refractivity contribution in [3.05, 3.63) is 24.0 Å². The van der Waals surface area contributed by atoms with E-state index in [9.17, 15) is 17.6 Å². The Morgan fingerprint density at radius 1 is 1.50 bits per heavy atom. The Balaban J connectivity index is 3.17. The fraction of sp³-hybridized carbons (Fsp3) is 0.222. The van der Waals surface area contributed by atoms with Crippen LogP contribution in [-0.2, 0) is 14.6 Å². The Bertz CT molecular complexity index is 513. The highest BCUT2D eigenvalue weighted by Crippen LogP contribution is 2.20. The highest BCUT2D eigenvalue weighted by atomic mass is 32.2. The molecule has 0 aromatic heterocycles. The number of carbonyl (C=O) groups excluding carboxylic acids is 1. The first-order valence-corrected chi connectivity index (χ1v) is 6.00. The monoisotopic (exact) mass is 246 g/mol. The Labute approximate surface area is 92.4 Å². The number of hydrogen-bond acceptors (Lipinski definition) is 4. The second-order valence-electron chi connectivity index (χ2n) is 3.11. The first kappa shape index (κ1) is 12.4. The number of halogens is 1. The van der Waals surface area contributed by atoms with Gasteiger partial charge in [-0.2, -0.15) is 0 Å². The van der Waals surface area contributed by atoms with Crippen molar-refractivity contribution in [2.45, 2.75) is 4.90 Å². The smallest absolute Gasteiger partial charge is 0.235 e. The molecular weight excluding hydrogens is 235 g/mol. The van der Waals surface area contributed by atoms with E-state index in [0.29, 0.717) is 0 Å². The number of nitrogen functional groups attached to an aromatic ring is 1. The quantitative estimate of drug-likeness (QED) is 0.730. The highest BCUT2D eigenvalue weighted by Gasteiger charge is 2.21. The lowest BCUT2D eigenvalue weighted by atomic mass is 10.3. The van der Waals surface area contributed by atoms with Crippen LogP contribution < -0.4 is 11.1 Å². The molecule has 16 heavy (non-hydrogen) atoms. The van der Waals surface area contributed by atoms with Gasteiger partial charge in [0.05, 0.1) is 10.6 Å². The summed E-state index contributed by atoms with van der Waals surface area (Å²) in [4.78, 5) is 10.6. The van der Waals surface area contributed by atoms with Crippen molar-refractivity contribution in [3.8, 4) is 0 Å². The minimum atomic E-state index is -3.90. The molecule has 0 spiro atoms. The molecule has 0 saturated heterocycles. The van der Waals surface area contributed by atoms with E-state index >= 15 is 0 Å². The van der Waals surface area contributed by atoms with Gasteiger partial charge >= 0.3 is 0 Å². The summed E-state index contributed by atoms with van der Waals surface area (Å²) in [6.07, 6.45) is 0. The van der Waals surface area contributed by atoms with Crippen molar-refractivity contribution in [3.63, 3.8) is 0 Å². The standard InChI is InChI=1S/C9H11FN2O3S/c1-12-9(13)5-16(14,15)8-4-6(10)2-3-7(8)11/h2-4H,5,11H2,1H3,(H,12,13). The molecule has 0 aliphatic carbocycles. The van der Waals surface area contributed by atoms with E-state index in [0.717, 1.165) is 18.2 Å². The third kappa shape index (κ3) is 2.69. The van der Waals surface area contributed by atoms with Gasteiger partial charge < -0.3 is 11.1 Å². The topological polar surface area (TPSA) is 89.3 Å². The van der Waals surface area contributed by atoms with Crippen molar-refractivity contribution in [2.75, 3.05) is 18.5 Å². The van der Waals surface area contributed by atoms with Crippen molar-refractivity contribution in [1.29, 1.82) is 0 Å². The van der Waals surface area contributed by atoms with Gasteiger partial charge in [0.25, 0.3) is 0 Å². The lowest BCUT2D eigenvalue weighted by molar-refractivity contribution is -0.118. The molecule has 0 aliphatic rings. The van der Waals surface area contributed by atoms with Gasteiger partial charge in [-0.25, -0.2) is 12.8 Å². The Hall–Kier alpha value is -1.63. The third-order valence-corrected chi connectivity index (χ3v) is 3.58. The van der Waals surface area contributed by atoms with Gasteiger partial charge in [0.15, 0.2) is 9.84 Å². The maximum Gasteiger partial charge on any atom is 0.235 e. The van der Waals surface area contributed by atoms with E-state index in [-0.39, 0.29) is 10.6 Å². The Kier molecular flexibility index (Phi) is 3.48. The molecule has 3 N–H and O–H groups in total. The van der Waals surface area contributed by atoms with Gasteiger partial charge in [0.2, 0.25) is 5.91 Å². The number of nitrogens with one attached hydrogen (secondary N) is 1. The van der Waals surface area contributed by atoms with E-state index in [1.165, 1.54) is 7.05 Å². The van der Waals surface area contributed by atoms with Crippen LogP contribution in [0.1, 0.15) is 0 Å². The summed E-state index contributed by atoms with van der Waals surface area (Å²) < 4.78 is 36.2. The number of sulfone groups is 1. The number of benzene rings is 1. The fourth-order valence-corrected chi connectivity index (χ4v) is 2.46. The molecule has 88 valence electrons. The van der Waals surface area contributed by atoms with E-state index < -0.39 is 27.3 Å². The molecule has 1 rings (SSSR count). The maximum absolute atomic E-state index is 12.9. The first-order valence-electron chi connectivity index (χ1n) is 4.35. The summed E-state index contributed by atoms with van der Waals surface area (Å²) in [7, 11) is -2.59. The summed E-state index contributed by atoms with van der Waals surface area (Å²) in [5.41, 5.74) is 5.34. The van der Waals surface area contributed by atoms with Crippen molar-refractivity contribution >= 4 is 21.4 Å². The summed E-state index contributed by atoms with van der Waals surface area (Å²) in [5.74, 6) is -2.15. The van der Waals surface area contributed by atoms with Gasteiger partial charge in [-0.05, 0) is 18.2 Å². The molecule has 0 bridgehead atoms. The number of amides is 1. The number of hydrogen-bond donors (Lipinski definition) is 2. The maximum atomic E-state index is 12.9. The molecule has 1 amide bonds. The molecule has 1 aromatic carbocycles. The zero-order valence-electron chi connectivity index (χ0n) is 8.53. The molecule has 7 heteroatoms. The molecule has 1 aromatic rings. The van der Waals surface area contributed by atoms with Crippen molar-refractivity contribution < 1.29 is 17.6 Å². The van der Waals surface area contributed by atoms with E-state index in [4.69, 9.17) is 5.73 Å². The van der Waals surface area contributed by atoms with E-state index in [2.05, 4.69) is 5.32 Å². The largest absolute Gasteiger partial charge is 0.398 e. The van der Waals surface area contributed by atoms with Crippen LogP contribution in [0, 0.1) is 5.82 Å². The van der Waals surface area contributed by atoms with E-state index in [1.54, 1.807) is 0 Å². The number of nitrogens with two attached hydrogens (primary N) is 1. The van der Waals surface area contributed by atoms with Crippen molar-refractivity contribution in [2.24, 2.45) is 0 Å². The summed E-state index contributed by atoms with van der Waals surface area (Å²) in [5, 5.41) is 2.17. The second-order valence-corrected chi connectivity index (χ2v) is 5.07. The number of rotatable bonds is 3. The van der Waals surface area contributed by atoms with Crippen LogP contribution in [0.4, 0.5) is 10.1 Å². The zero-order chi connectivity index (χ0) is 12.3. The molecule has 0 aliphatic heterocycles. The number of anilines is 1. The van der Waals surface area contributed by atoms with Gasteiger partial charge in [-0.15, -0.1) is 0 Å². The van der Waals surface area contributed by atoms with Crippen LogP contribution in [0.15, 0.2) is 23.1 Å². The van der Waals surface area contributed by atoms with Crippen LogP contribution in [0.25, 0.3) is 0 Å². The predicted octanol–water partition coefficient (Wildman–Crippen LogP) is -0.0724. The summed E-state index contributed by atoms with van der Waals surface area (Å²) in [6, 6.07) is 2.99. The first-order chi connectivity index (χ1) is 7.36.